The van der Waals surface area contributed by atoms with Crippen molar-refractivity contribution in [2.45, 2.75) is 18.9 Å². The van der Waals surface area contributed by atoms with Crippen LogP contribution >= 0.6 is 46.6 Å². The van der Waals surface area contributed by atoms with Gasteiger partial charge in [-0.2, -0.15) is 0 Å². The normalized spacial score (nSPS) is 18.4. The lowest BCUT2D eigenvalue weighted by molar-refractivity contribution is 0.0705. The van der Waals surface area contributed by atoms with Crippen molar-refractivity contribution >= 4 is 52.5 Å². The van der Waals surface area contributed by atoms with E-state index < -0.39 is 0 Å². The topological polar surface area (TPSA) is 55.6 Å². The van der Waals surface area contributed by atoms with E-state index in [0.29, 0.717) is 22.9 Å². The molecule has 1 atom stereocenters. The average molecular weight is 431 g/mol. The highest BCUT2D eigenvalue weighted by atomic mass is 127. The standard InChI is InChI=1S/C13H16ClIN2O2.ClH/c1-19-12-6-11(15)10(14)5-9(12)13(18)17-4-2-3-8(16)7-17;/h5-6,8H,2-4,7,16H2,1H3;1H. The molecule has 1 amide bonds. The van der Waals surface area contributed by atoms with Crippen molar-refractivity contribution in [2.24, 2.45) is 5.73 Å². The number of nitrogens with two attached hydrogens (primary N) is 1. The third-order valence-corrected chi connectivity index (χ3v) is 4.74. The number of methoxy groups -OCH3 is 1. The minimum absolute atomic E-state index is 0. The fourth-order valence-corrected chi connectivity index (χ4v) is 2.83. The third-order valence-electron chi connectivity index (χ3n) is 3.22. The minimum atomic E-state index is -0.0645. The van der Waals surface area contributed by atoms with Crippen molar-refractivity contribution in [1.29, 1.82) is 0 Å². The van der Waals surface area contributed by atoms with E-state index in [1.165, 1.54) is 0 Å². The predicted octanol–water partition coefficient (Wildman–Crippen LogP) is 2.94. The molecule has 2 N–H and O–H groups in total. The van der Waals surface area contributed by atoms with Gasteiger partial charge >= 0.3 is 0 Å². The van der Waals surface area contributed by atoms with Gasteiger partial charge in [-0.15, -0.1) is 12.4 Å². The second-order valence-corrected chi connectivity index (χ2v) is 6.19. The fourth-order valence-electron chi connectivity index (χ4n) is 2.23. The van der Waals surface area contributed by atoms with Crippen LogP contribution in [0.2, 0.25) is 5.02 Å². The lowest BCUT2D eigenvalue weighted by Crippen LogP contribution is -2.45. The molecule has 1 aliphatic heterocycles. The number of ether oxygens (including phenoxy) is 1. The Bertz CT molecular complexity index is 500. The molecule has 0 bridgehead atoms. The van der Waals surface area contributed by atoms with Crippen LogP contribution < -0.4 is 10.5 Å². The van der Waals surface area contributed by atoms with Gasteiger partial charge in [0.1, 0.15) is 5.75 Å². The van der Waals surface area contributed by atoms with Crippen molar-refractivity contribution < 1.29 is 9.53 Å². The number of halogens is 3. The van der Waals surface area contributed by atoms with Gasteiger partial charge in [-0.3, -0.25) is 4.79 Å². The number of benzene rings is 1. The Kier molecular flexibility index (Phi) is 6.84. The summed E-state index contributed by atoms with van der Waals surface area (Å²) in [5, 5.41) is 0.561. The molecule has 1 saturated heterocycles. The van der Waals surface area contributed by atoms with E-state index >= 15 is 0 Å². The highest BCUT2D eigenvalue weighted by Crippen LogP contribution is 2.29. The van der Waals surface area contributed by atoms with Crippen LogP contribution in [0.25, 0.3) is 0 Å². The lowest BCUT2D eigenvalue weighted by Gasteiger charge is -2.31. The molecule has 7 heteroatoms. The van der Waals surface area contributed by atoms with E-state index in [0.717, 1.165) is 23.0 Å². The Hall–Kier alpha value is -0.240. The first-order valence-corrected chi connectivity index (χ1v) is 7.56. The number of carbonyl (C=O) groups is 1. The molecular formula is C13H17Cl2IN2O2. The number of hydrogen-bond acceptors (Lipinski definition) is 3. The SMILES string of the molecule is COc1cc(I)c(Cl)cc1C(=O)N1CCCC(N)C1.Cl. The lowest BCUT2D eigenvalue weighted by atomic mass is 10.0. The van der Waals surface area contributed by atoms with Crippen molar-refractivity contribution in [1.82, 2.24) is 4.90 Å². The van der Waals surface area contributed by atoms with Crippen molar-refractivity contribution in [2.75, 3.05) is 20.2 Å². The molecule has 0 spiro atoms. The fraction of sp³-hybridized carbons (Fsp3) is 0.462. The molecule has 112 valence electrons. The Morgan fingerprint density at radius 2 is 2.25 bits per heavy atom. The molecule has 1 unspecified atom stereocenters. The summed E-state index contributed by atoms with van der Waals surface area (Å²) in [4.78, 5) is 14.3. The first-order valence-electron chi connectivity index (χ1n) is 6.11. The van der Waals surface area contributed by atoms with Crippen LogP contribution in [0.4, 0.5) is 0 Å². The number of nitrogens with zero attached hydrogens (tertiary/aromatic N) is 1. The highest BCUT2D eigenvalue weighted by Gasteiger charge is 2.25. The van der Waals surface area contributed by atoms with E-state index in [-0.39, 0.29) is 24.4 Å². The molecule has 1 aliphatic rings. The van der Waals surface area contributed by atoms with Gasteiger partial charge < -0.3 is 15.4 Å². The van der Waals surface area contributed by atoms with E-state index in [2.05, 4.69) is 22.6 Å². The minimum Gasteiger partial charge on any atom is -0.496 e. The molecular weight excluding hydrogens is 414 g/mol. The maximum absolute atomic E-state index is 12.5. The summed E-state index contributed by atoms with van der Waals surface area (Å²) >= 11 is 8.21. The molecule has 0 aliphatic carbocycles. The van der Waals surface area contributed by atoms with Gasteiger partial charge in [0.2, 0.25) is 0 Å². The van der Waals surface area contributed by atoms with Crippen LogP contribution in [-0.4, -0.2) is 37.0 Å². The predicted molar refractivity (Wildman–Crippen MR) is 91.1 cm³/mol. The van der Waals surface area contributed by atoms with E-state index in [4.69, 9.17) is 22.1 Å². The number of carbonyl (C=O) groups excluding carboxylic acids is 1. The zero-order valence-corrected chi connectivity index (χ0v) is 14.8. The summed E-state index contributed by atoms with van der Waals surface area (Å²) in [6.07, 6.45) is 1.90. The molecule has 0 saturated carbocycles. The summed E-state index contributed by atoms with van der Waals surface area (Å²) in [5.74, 6) is 0.489. The summed E-state index contributed by atoms with van der Waals surface area (Å²) in [6, 6.07) is 3.51. The number of rotatable bonds is 2. The summed E-state index contributed by atoms with van der Waals surface area (Å²) in [5.41, 5.74) is 6.42. The van der Waals surface area contributed by atoms with Gasteiger partial charge in [0.15, 0.2) is 0 Å². The number of likely N-dealkylation sites (tertiary alicyclic amines) is 1. The van der Waals surface area contributed by atoms with Crippen LogP contribution in [0.1, 0.15) is 23.2 Å². The zero-order chi connectivity index (χ0) is 14.0. The third kappa shape index (κ3) is 3.90. The van der Waals surface area contributed by atoms with E-state index in [9.17, 15) is 4.79 Å². The van der Waals surface area contributed by atoms with Gasteiger partial charge in [0.05, 0.1) is 17.7 Å². The van der Waals surface area contributed by atoms with Crippen molar-refractivity contribution in [3.05, 3.63) is 26.3 Å². The second kappa shape index (κ2) is 7.68. The van der Waals surface area contributed by atoms with Crippen LogP contribution in [-0.2, 0) is 0 Å². The molecule has 2 rings (SSSR count). The molecule has 1 fully saturated rings. The monoisotopic (exact) mass is 430 g/mol. The highest BCUT2D eigenvalue weighted by molar-refractivity contribution is 14.1. The van der Waals surface area contributed by atoms with Crippen molar-refractivity contribution in [3.63, 3.8) is 0 Å². The summed E-state index contributed by atoms with van der Waals surface area (Å²) in [7, 11) is 1.55. The van der Waals surface area contributed by atoms with Gasteiger partial charge in [-0.1, -0.05) is 11.6 Å². The molecule has 0 aromatic heterocycles. The largest absolute Gasteiger partial charge is 0.496 e. The van der Waals surface area contributed by atoms with Gasteiger partial charge in [0, 0.05) is 22.7 Å². The summed E-state index contributed by atoms with van der Waals surface area (Å²) < 4.78 is 6.14. The van der Waals surface area contributed by atoms with Crippen LogP contribution in [0, 0.1) is 3.57 Å². The molecule has 4 nitrogen and oxygen atoms in total. The Balaban J connectivity index is 0.00000200. The first-order chi connectivity index (χ1) is 9.02. The Morgan fingerprint density at radius 3 is 2.85 bits per heavy atom. The average Bonchev–Trinajstić information content (AvgIpc) is 2.40. The van der Waals surface area contributed by atoms with Crippen LogP contribution in [0.3, 0.4) is 0 Å². The Morgan fingerprint density at radius 1 is 1.55 bits per heavy atom. The van der Waals surface area contributed by atoms with Gasteiger partial charge in [-0.05, 0) is 47.6 Å². The molecule has 20 heavy (non-hydrogen) atoms. The Labute approximate surface area is 143 Å². The molecule has 1 aromatic rings. The molecule has 0 radical (unpaired) electrons. The smallest absolute Gasteiger partial charge is 0.257 e. The van der Waals surface area contributed by atoms with E-state index in [1.54, 1.807) is 24.1 Å². The van der Waals surface area contributed by atoms with Gasteiger partial charge in [0.25, 0.3) is 5.91 Å². The maximum Gasteiger partial charge on any atom is 0.257 e. The maximum atomic E-state index is 12.5. The molecule has 1 aromatic carbocycles. The van der Waals surface area contributed by atoms with Crippen LogP contribution in [0.5, 0.6) is 5.75 Å². The molecule has 1 heterocycles. The number of hydrogen-bond donors (Lipinski definition) is 1. The van der Waals surface area contributed by atoms with Crippen molar-refractivity contribution in [3.8, 4) is 5.75 Å². The van der Waals surface area contributed by atoms with Gasteiger partial charge in [-0.25, -0.2) is 0 Å². The zero-order valence-electron chi connectivity index (χ0n) is 11.1. The second-order valence-electron chi connectivity index (χ2n) is 4.62. The number of amides is 1. The van der Waals surface area contributed by atoms with E-state index in [1.807, 2.05) is 0 Å². The summed E-state index contributed by atoms with van der Waals surface area (Å²) in [6.45, 7) is 1.32. The quantitative estimate of drug-likeness (QED) is 0.734. The van der Waals surface area contributed by atoms with Crippen LogP contribution in [0.15, 0.2) is 12.1 Å². The number of piperidine rings is 1. The first kappa shape index (κ1) is 17.8.